The van der Waals surface area contributed by atoms with E-state index in [1.807, 2.05) is 6.07 Å². The van der Waals surface area contributed by atoms with Gasteiger partial charge in [-0.2, -0.15) is 5.26 Å². The molecule has 0 amide bonds. The zero-order chi connectivity index (χ0) is 15.6. The van der Waals surface area contributed by atoms with Crippen molar-refractivity contribution < 1.29 is 18.3 Å². The Morgan fingerprint density at radius 2 is 2.10 bits per heavy atom. The summed E-state index contributed by atoms with van der Waals surface area (Å²) in [5.74, 6) is -1.23. The Kier molecular flexibility index (Phi) is 4.91. The van der Waals surface area contributed by atoms with Crippen molar-refractivity contribution in [1.82, 2.24) is 4.72 Å². The van der Waals surface area contributed by atoms with Gasteiger partial charge >= 0.3 is 5.97 Å². The minimum absolute atomic E-state index is 0.0652. The lowest BCUT2D eigenvalue weighted by atomic mass is 9.97. The van der Waals surface area contributed by atoms with Gasteiger partial charge in [0, 0.05) is 11.0 Å². The minimum atomic E-state index is -3.86. The number of hydrogen-bond donors (Lipinski definition) is 2. The van der Waals surface area contributed by atoms with Gasteiger partial charge in [0.1, 0.15) is 0 Å². The number of aromatic carboxylic acids is 1. The predicted octanol–water partition coefficient (Wildman–Crippen LogP) is 1.98. The van der Waals surface area contributed by atoms with Crippen LogP contribution in [0.15, 0.2) is 27.6 Å². The van der Waals surface area contributed by atoms with Gasteiger partial charge in [-0.15, -0.1) is 0 Å². The molecule has 0 aliphatic heterocycles. The van der Waals surface area contributed by atoms with Crippen LogP contribution in [0.2, 0.25) is 0 Å². The molecular weight excluding hydrogens is 348 g/mol. The van der Waals surface area contributed by atoms with Gasteiger partial charge in [0.15, 0.2) is 0 Å². The third-order valence-electron chi connectivity index (χ3n) is 2.49. The molecule has 1 aromatic carbocycles. The highest BCUT2D eigenvalue weighted by atomic mass is 79.9. The third-order valence-corrected chi connectivity index (χ3v) is 4.58. The van der Waals surface area contributed by atoms with Gasteiger partial charge in [-0.3, -0.25) is 0 Å². The summed E-state index contributed by atoms with van der Waals surface area (Å²) in [7, 11) is -3.86. The number of hydrogen-bond acceptors (Lipinski definition) is 4. The van der Waals surface area contributed by atoms with E-state index in [-0.39, 0.29) is 17.0 Å². The lowest BCUT2D eigenvalue weighted by molar-refractivity contribution is 0.0695. The topological polar surface area (TPSA) is 107 Å². The molecule has 0 aliphatic carbocycles. The quantitative estimate of drug-likeness (QED) is 0.834. The molecule has 1 rings (SSSR count). The molecule has 8 heteroatoms. The number of carboxylic acid groups (broad SMARTS) is 1. The summed E-state index contributed by atoms with van der Waals surface area (Å²) in [5, 5.41) is 17.8. The second-order valence-corrected chi connectivity index (χ2v) is 7.39. The molecule has 0 saturated carbocycles. The van der Waals surface area contributed by atoms with E-state index < -0.39 is 21.4 Å². The lowest BCUT2D eigenvalue weighted by Crippen LogP contribution is -2.33. The van der Waals surface area contributed by atoms with Crippen molar-refractivity contribution in [2.75, 3.05) is 6.54 Å². The Morgan fingerprint density at radius 3 is 2.60 bits per heavy atom. The highest BCUT2D eigenvalue weighted by Crippen LogP contribution is 2.21. The number of nitriles is 1. The van der Waals surface area contributed by atoms with Crippen molar-refractivity contribution in [3.05, 3.63) is 28.2 Å². The standard InChI is InChI=1S/C12H13BrN2O4S/c1-12(2,6-14)7-15-20(18,19)8-3-4-10(13)9(5-8)11(16)17/h3-5,15H,7H2,1-2H3,(H,16,17). The maximum absolute atomic E-state index is 12.1. The van der Waals surface area contributed by atoms with Gasteiger partial charge < -0.3 is 5.11 Å². The number of halogens is 1. The van der Waals surface area contributed by atoms with Crippen molar-refractivity contribution in [1.29, 1.82) is 5.26 Å². The Labute approximate surface area is 125 Å². The van der Waals surface area contributed by atoms with Crippen LogP contribution < -0.4 is 4.72 Å². The van der Waals surface area contributed by atoms with Crippen molar-refractivity contribution in [3.8, 4) is 6.07 Å². The van der Waals surface area contributed by atoms with Crippen LogP contribution in [0.5, 0.6) is 0 Å². The molecule has 0 saturated heterocycles. The molecule has 0 unspecified atom stereocenters. The molecule has 2 N–H and O–H groups in total. The van der Waals surface area contributed by atoms with Crippen molar-refractivity contribution in [2.45, 2.75) is 18.7 Å². The van der Waals surface area contributed by atoms with Crippen molar-refractivity contribution >= 4 is 31.9 Å². The van der Waals surface area contributed by atoms with E-state index in [0.29, 0.717) is 4.47 Å². The van der Waals surface area contributed by atoms with Gasteiger partial charge in [0.05, 0.1) is 21.9 Å². The van der Waals surface area contributed by atoms with Gasteiger partial charge in [0.25, 0.3) is 0 Å². The predicted molar refractivity (Wildman–Crippen MR) is 75.7 cm³/mol. The summed E-state index contributed by atoms with van der Waals surface area (Å²) in [5.41, 5.74) is -0.995. The fraction of sp³-hybridized carbons (Fsp3) is 0.333. The van der Waals surface area contributed by atoms with Crippen LogP contribution in [-0.4, -0.2) is 26.0 Å². The first-order valence-electron chi connectivity index (χ1n) is 5.53. The molecule has 0 fully saturated rings. The number of rotatable bonds is 5. The summed E-state index contributed by atoms with van der Waals surface area (Å²) in [4.78, 5) is 10.8. The molecule has 6 nitrogen and oxygen atoms in total. The van der Waals surface area contributed by atoms with E-state index in [4.69, 9.17) is 10.4 Å². The number of carboxylic acids is 1. The zero-order valence-corrected chi connectivity index (χ0v) is 13.2. The Hall–Kier alpha value is -1.43. The van der Waals surface area contributed by atoms with Crippen LogP contribution in [0.1, 0.15) is 24.2 Å². The maximum Gasteiger partial charge on any atom is 0.336 e. The Bertz CT molecular complexity index is 677. The summed E-state index contributed by atoms with van der Waals surface area (Å²) < 4.78 is 26.7. The average molecular weight is 361 g/mol. The third kappa shape index (κ3) is 4.03. The highest BCUT2D eigenvalue weighted by Gasteiger charge is 2.23. The van der Waals surface area contributed by atoms with Crippen molar-refractivity contribution in [2.24, 2.45) is 5.41 Å². The summed E-state index contributed by atoms with van der Waals surface area (Å²) in [6.45, 7) is 3.13. The largest absolute Gasteiger partial charge is 0.478 e. The molecule has 0 radical (unpaired) electrons. The van der Waals surface area contributed by atoms with Gasteiger partial charge in [-0.05, 0) is 48.0 Å². The van der Waals surface area contributed by atoms with E-state index >= 15 is 0 Å². The Morgan fingerprint density at radius 1 is 1.50 bits per heavy atom. The fourth-order valence-corrected chi connectivity index (χ4v) is 2.89. The number of nitrogens with one attached hydrogen (secondary N) is 1. The number of nitrogens with zero attached hydrogens (tertiary/aromatic N) is 1. The maximum atomic E-state index is 12.1. The van der Waals surface area contributed by atoms with E-state index in [9.17, 15) is 13.2 Å². The molecule has 20 heavy (non-hydrogen) atoms. The normalized spacial score (nSPS) is 11.9. The fourth-order valence-electron chi connectivity index (χ4n) is 1.23. The van der Waals surface area contributed by atoms with E-state index in [2.05, 4.69) is 20.7 Å². The SMILES string of the molecule is CC(C)(C#N)CNS(=O)(=O)c1ccc(Br)c(C(=O)O)c1. The van der Waals surface area contributed by atoms with E-state index in [1.54, 1.807) is 13.8 Å². The zero-order valence-electron chi connectivity index (χ0n) is 10.8. The van der Waals surface area contributed by atoms with Crippen LogP contribution in [0.25, 0.3) is 0 Å². The molecule has 1 aromatic rings. The molecule has 0 spiro atoms. The van der Waals surface area contributed by atoms with Crippen LogP contribution in [-0.2, 0) is 10.0 Å². The van der Waals surface area contributed by atoms with Crippen LogP contribution >= 0.6 is 15.9 Å². The lowest BCUT2D eigenvalue weighted by Gasteiger charge is -2.16. The number of benzene rings is 1. The van der Waals surface area contributed by atoms with Crippen LogP contribution in [0.3, 0.4) is 0 Å². The van der Waals surface area contributed by atoms with E-state index in [1.165, 1.54) is 12.1 Å². The average Bonchev–Trinajstić information content (AvgIpc) is 2.36. The monoisotopic (exact) mass is 360 g/mol. The van der Waals surface area contributed by atoms with E-state index in [0.717, 1.165) is 6.07 Å². The van der Waals surface area contributed by atoms with Gasteiger partial charge in [-0.1, -0.05) is 0 Å². The molecule has 0 aliphatic rings. The first-order valence-corrected chi connectivity index (χ1v) is 7.80. The first kappa shape index (κ1) is 16.6. The summed E-state index contributed by atoms with van der Waals surface area (Å²) in [6, 6.07) is 5.68. The Balaban J connectivity index is 3.09. The second kappa shape index (κ2) is 5.91. The molecule has 0 aromatic heterocycles. The second-order valence-electron chi connectivity index (χ2n) is 4.77. The number of carbonyl (C=O) groups is 1. The van der Waals surface area contributed by atoms with Gasteiger partial charge in [-0.25, -0.2) is 17.9 Å². The number of sulfonamides is 1. The summed E-state index contributed by atoms with van der Waals surface area (Å²) in [6.07, 6.45) is 0. The molecular formula is C12H13BrN2O4S. The molecule has 0 atom stereocenters. The minimum Gasteiger partial charge on any atom is -0.478 e. The van der Waals surface area contributed by atoms with Crippen molar-refractivity contribution in [3.63, 3.8) is 0 Å². The smallest absolute Gasteiger partial charge is 0.336 e. The van der Waals surface area contributed by atoms with Gasteiger partial charge in [0.2, 0.25) is 10.0 Å². The summed E-state index contributed by atoms with van der Waals surface area (Å²) >= 11 is 3.04. The molecule has 0 bridgehead atoms. The first-order chi connectivity index (χ1) is 9.09. The van der Waals surface area contributed by atoms with Crippen LogP contribution in [0, 0.1) is 16.7 Å². The molecule has 0 heterocycles. The highest BCUT2D eigenvalue weighted by molar-refractivity contribution is 9.10. The van der Waals surface area contributed by atoms with Crippen LogP contribution in [0.4, 0.5) is 0 Å². The molecule has 108 valence electrons.